The Kier molecular flexibility index (Phi) is 3.46. The van der Waals surface area contributed by atoms with E-state index < -0.39 is 0 Å². The zero-order chi connectivity index (χ0) is 12.3. The fourth-order valence-corrected chi connectivity index (χ4v) is 1.86. The molecular formula is C12H16N2O3. The van der Waals surface area contributed by atoms with Gasteiger partial charge in [-0.25, -0.2) is 0 Å². The zero-order valence-electron chi connectivity index (χ0n) is 9.79. The number of hydrogen-bond donors (Lipinski definition) is 2. The molecule has 0 bridgehead atoms. The Morgan fingerprint density at radius 3 is 3.00 bits per heavy atom. The second kappa shape index (κ2) is 5.03. The van der Waals surface area contributed by atoms with Crippen LogP contribution in [0.1, 0.15) is 24.4 Å². The summed E-state index contributed by atoms with van der Waals surface area (Å²) >= 11 is 0. The highest BCUT2D eigenvalue weighted by atomic mass is 16.3. The normalized spacial score (nSPS) is 19.8. The summed E-state index contributed by atoms with van der Waals surface area (Å²) in [7, 11) is 0. The van der Waals surface area contributed by atoms with Crippen molar-refractivity contribution >= 4 is 11.8 Å². The van der Waals surface area contributed by atoms with Gasteiger partial charge in [0.05, 0.1) is 12.5 Å². The molecule has 1 aromatic rings. The minimum Gasteiger partial charge on any atom is -0.465 e. The van der Waals surface area contributed by atoms with Gasteiger partial charge in [0.1, 0.15) is 11.5 Å². The maximum atomic E-state index is 11.8. The minimum absolute atomic E-state index is 0.0238. The number of rotatable bonds is 3. The number of hydrogen-bond acceptors (Lipinski definition) is 3. The van der Waals surface area contributed by atoms with E-state index in [2.05, 4.69) is 10.6 Å². The van der Waals surface area contributed by atoms with Gasteiger partial charge < -0.3 is 15.1 Å². The number of carbonyl (C=O) groups excluding carboxylic acids is 2. The van der Waals surface area contributed by atoms with Crippen molar-refractivity contribution in [1.82, 2.24) is 10.6 Å². The third-order valence-electron chi connectivity index (χ3n) is 2.87. The summed E-state index contributed by atoms with van der Waals surface area (Å²) in [5.41, 5.74) is 0. The van der Waals surface area contributed by atoms with E-state index in [0.29, 0.717) is 25.9 Å². The second-order valence-corrected chi connectivity index (χ2v) is 4.27. The van der Waals surface area contributed by atoms with Crippen LogP contribution in [0.25, 0.3) is 0 Å². The molecule has 0 aliphatic carbocycles. The maximum absolute atomic E-state index is 11.8. The van der Waals surface area contributed by atoms with Crippen LogP contribution >= 0.6 is 0 Å². The summed E-state index contributed by atoms with van der Waals surface area (Å²) in [5.74, 6) is 1.45. The van der Waals surface area contributed by atoms with Gasteiger partial charge in [0.15, 0.2) is 0 Å². The van der Waals surface area contributed by atoms with Gasteiger partial charge in [0.25, 0.3) is 0 Å². The fraction of sp³-hybridized carbons (Fsp3) is 0.500. The molecule has 1 atom stereocenters. The Morgan fingerprint density at radius 2 is 2.41 bits per heavy atom. The Bertz CT molecular complexity index is 415. The summed E-state index contributed by atoms with van der Waals surface area (Å²) in [5, 5.41) is 5.50. The van der Waals surface area contributed by atoms with Crippen LogP contribution in [-0.2, 0) is 16.1 Å². The Morgan fingerprint density at radius 1 is 1.59 bits per heavy atom. The predicted molar refractivity (Wildman–Crippen MR) is 61.0 cm³/mol. The first-order valence-corrected chi connectivity index (χ1v) is 5.75. The molecule has 2 rings (SSSR count). The van der Waals surface area contributed by atoms with Crippen molar-refractivity contribution in [2.24, 2.45) is 5.92 Å². The van der Waals surface area contributed by atoms with E-state index in [4.69, 9.17) is 4.42 Å². The third kappa shape index (κ3) is 3.09. The predicted octanol–water partition coefficient (Wildman–Crippen LogP) is 0.730. The van der Waals surface area contributed by atoms with Crippen LogP contribution in [0.15, 0.2) is 16.5 Å². The molecule has 17 heavy (non-hydrogen) atoms. The van der Waals surface area contributed by atoms with Crippen LogP contribution in [0.5, 0.6) is 0 Å². The SMILES string of the molecule is Cc1ccc(CNC(=O)C2CCC(=O)NC2)o1. The number of nitrogens with one attached hydrogen (secondary N) is 2. The molecule has 1 unspecified atom stereocenters. The third-order valence-corrected chi connectivity index (χ3v) is 2.87. The van der Waals surface area contributed by atoms with Crippen molar-refractivity contribution in [3.05, 3.63) is 23.7 Å². The first-order valence-electron chi connectivity index (χ1n) is 5.75. The van der Waals surface area contributed by atoms with Crippen molar-refractivity contribution in [3.63, 3.8) is 0 Å². The lowest BCUT2D eigenvalue weighted by molar-refractivity contribution is -0.129. The highest BCUT2D eigenvalue weighted by Gasteiger charge is 2.24. The number of furan rings is 1. The van der Waals surface area contributed by atoms with E-state index in [1.807, 2.05) is 19.1 Å². The molecule has 1 fully saturated rings. The highest BCUT2D eigenvalue weighted by molar-refractivity contribution is 5.83. The minimum atomic E-state index is -0.122. The Balaban J connectivity index is 1.79. The van der Waals surface area contributed by atoms with Crippen LogP contribution in [0.4, 0.5) is 0 Å². The van der Waals surface area contributed by atoms with E-state index in [-0.39, 0.29) is 17.7 Å². The number of aryl methyl sites for hydroxylation is 1. The lowest BCUT2D eigenvalue weighted by Crippen LogP contribution is -2.42. The summed E-state index contributed by atoms with van der Waals surface area (Å²) in [4.78, 5) is 22.7. The highest BCUT2D eigenvalue weighted by Crippen LogP contribution is 2.11. The Labute approximate surface area is 99.6 Å². The largest absolute Gasteiger partial charge is 0.465 e. The van der Waals surface area contributed by atoms with Crippen LogP contribution in [0, 0.1) is 12.8 Å². The smallest absolute Gasteiger partial charge is 0.225 e. The molecule has 0 aromatic carbocycles. The molecular weight excluding hydrogens is 220 g/mol. The first-order chi connectivity index (χ1) is 8.15. The van der Waals surface area contributed by atoms with Gasteiger partial charge in [-0.15, -0.1) is 0 Å². The Hall–Kier alpha value is -1.78. The summed E-state index contributed by atoms with van der Waals surface area (Å²) in [6.07, 6.45) is 1.05. The summed E-state index contributed by atoms with van der Waals surface area (Å²) in [6.45, 7) is 2.70. The van der Waals surface area contributed by atoms with Crippen LogP contribution in [-0.4, -0.2) is 18.4 Å². The average molecular weight is 236 g/mol. The van der Waals surface area contributed by atoms with Crippen molar-refractivity contribution < 1.29 is 14.0 Å². The van der Waals surface area contributed by atoms with E-state index in [1.54, 1.807) is 0 Å². The van der Waals surface area contributed by atoms with Gasteiger partial charge in [-0.1, -0.05) is 0 Å². The molecule has 0 saturated carbocycles. The zero-order valence-corrected chi connectivity index (χ0v) is 9.79. The molecule has 5 heteroatoms. The van der Waals surface area contributed by atoms with Crippen molar-refractivity contribution in [1.29, 1.82) is 0 Å². The molecule has 2 N–H and O–H groups in total. The van der Waals surface area contributed by atoms with Crippen LogP contribution in [0.3, 0.4) is 0 Å². The van der Waals surface area contributed by atoms with E-state index in [9.17, 15) is 9.59 Å². The van der Waals surface area contributed by atoms with Crippen molar-refractivity contribution in [2.45, 2.75) is 26.3 Å². The molecule has 2 amide bonds. The maximum Gasteiger partial charge on any atom is 0.225 e. The van der Waals surface area contributed by atoms with E-state index in [1.165, 1.54) is 0 Å². The fourth-order valence-electron chi connectivity index (χ4n) is 1.86. The van der Waals surface area contributed by atoms with E-state index >= 15 is 0 Å². The summed E-state index contributed by atoms with van der Waals surface area (Å²) < 4.78 is 5.35. The molecule has 1 aliphatic rings. The monoisotopic (exact) mass is 236 g/mol. The molecule has 1 aliphatic heterocycles. The standard InChI is InChI=1S/C12H16N2O3/c1-8-2-4-10(17-8)7-14-12(16)9-3-5-11(15)13-6-9/h2,4,9H,3,5-7H2,1H3,(H,13,15)(H,14,16). The van der Waals surface area contributed by atoms with Gasteiger partial charge >= 0.3 is 0 Å². The number of piperidine rings is 1. The second-order valence-electron chi connectivity index (χ2n) is 4.27. The van der Waals surface area contributed by atoms with E-state index in [0.717, 1.165) is 11.5 Å². The number of carbonyl (C=O) groups is 2. The molecule has 92 valence electrons. The molecule has 0 radical (unpaired) electrons. The molecule has 1 saturated heterocycles. The van der Waals surface area contributed by atoms with Crippen molar-refractivity contribution in [3.8, 4) is 0 Å². The molecule has 0 spiro atoms. The van der Waals surface area contributed by atoms with Crippen molar-refractivity contribution in [2.75, 3.05) is 6.54 Å². The molecule has 5 nitrogen and oxygen atoms in total. The van der Waals surface area contributed by atoms with Gasteiger partial charge in [-0.05, 0) is 25.5 Å². The average Bonchev–Trinajstić information content (AvgIpc) is 2.73. The van der Waals surface area contributed by atoms with Crippen LogP contribution < -0.4 is 10.6 Å². The summed E-state index contributed by atoms with van der Waals surface area (Å²) in [6, 6.07) is 3.71. The quantitative estimate of drug-likeness (QED) is 0.812. The van der Waals surface area contributed by atoms with Gasteiger partial charge in [-0.2, -0.15) is 0 Å². The first kappa shape index (κ1) is 11.7. The lowest BCUT2D eigenvalue weighted by atomic mass is 9.98. The van der Waals surface area contributed by atoms with Crippen LogP contribution in [0.2, 0.25) is 0 Å². The van der Waals surface area contributed by atoms with Gasteiger partial charge in [-0.3, -0.25) is 9.59 Å². The van der Waals surface area contributed by atoms with Gasteiger partial charge in [0, 0.05) is 13.0 Å². The number of amides is 2. The molecule has 2 heterocycles. The topological polar surface area (TPSA) is 71.3 Å². The van der Waals surface area contributed by atoms with Gasteiger partial charge in [0.2, 0.25) is 11.8 Å². The molecule has 1 aromatic heterocycles. The lowest BCUT2D eigenvalue weighted by Gasteiger charge is -2.21.